The molecule has 3 heteroatoms. The summed E-state index contributed by atoms with van der Waals surface area (Å²) in [6.45, 7) is 6.63. The number of hydrogen-bond acceptors (Lipinski definition) is 2. The molecule has 0 heterocycles. The molecule has 1 aromatic carbocycles. The van der Waals surface area contributed by atoms with Gasteiger partial charge in [-0.15, -0.1) is 0 Å². The van der Waals surface area contributed by atoms with Crippen LogP contribution in [0, 0.1) is 5.92 Å². The molecule has 0 amide bonds. The Kier molecular flexibility index (Phi) is 5.26. The summed E-state index contributed by atoms with van der Waals surface area (Å²) in [5.74, 6) is 0.888. The molecule has 0 aromatic heterocycles. The zero-order chi connectivity index (χ0) is 13.8. The molecule has 19 heavy (non-hydrogen) atoms. The summed E-state index contributed by atoms with van der Waals surface area (Å²) in [5, 5.41) is 0.790. The van der Waals surface area contributed by atoms with Crippen molar-refractivity contribution in [3.8, 4) is 0 Å². The first kappa shape index (κ1) is 14.8. The van der Waals surface area contributed by atoms with Crippen molar-refractivity contribution in [2.24, 2.45) is 11.7 Å². The van der Waals surface area contributed by atoms with E-state index in [1.54, 1.807) is 0 Å². The fourth-order valence-electron chi connectivity index (χ4n) is 2.68. The number of hydrogen-bond donors (Lipinski definition) is 1. The second-order valence-corrected chi connectivity index (χ2v) is 6.04. The summed E-state index contributed by atoms with van der Waals surface area (Å²) in [4.78, 5) is 2.54. The topological polar surface area (TPSA) is 29.3 Å². The lowest BCUT2D eigenvalue weighted by Gasteiger charge is -2.35. The van der Waals surface area contributed by atoms with Gasteiger partial charge in [-0.05, 0) is 49.4 Å². The number of rotatable bonds is 7. The van der Waals surface area contributed by atoms with Crippen LogP contribution in [0.4, 0.5) is 0 Å². The Morgan fingerprint density at radius 1 is 1.26 bits per heavy atom. The first-order chi connectivity index (χ1) is 9.15. The average Bonchev–Trinajstić information content (AvgIpc) is 3.23. The monoisotopic (exact) mass is 280 g/mol. The van der Waals surface area contributed by atoms with E-state index in [1.165, 1.54) is 24.9 Å². The maximum Gasteiger partial charge on any atom is 0.0499 e. The smallest absolute Gasteiger partial charge is 0.0499 e. The van der Waals surface area contributed by atoms with Crippen molar-refractivity contribution in [1.82, 2.24) is 4.90 Å². The Balaban J connectivity index is 2.19. The van der Waals surface area contributed by atoms with Crippen LogP contribution < -0.4 is 5.73 Å². The van der Waals surface area contributed by atoms with E-state index in [0.717, 1.165) is 23.9 Å². The molecule has 2 atom stereocenters. The van der Waals surface area contributed by atoms with Gasteiger partial charge < -0.3 is 5.73 Å². The third-order valence-corrected chi connectivity index (χ3v) is 4.33. The van der Waals surface area contributed by atoms with Crippen molar-refractivity contribution in [1.29, 1.82) is 0 Å². The van der Waals surface area contributed by atoms with E-state index in [4.69, 9.17) is 17.3 Å². The Hall–Kier alpha value is -0.570. The lowest BCUT2D eigenvalue weighted by Crippen LogP contribution is -2.41. The van der Waals surface area contributed by atoms with Gasteiger partial charge in [0.1, 0.15) is 0 Å². The van der Waals surface area contributed by atoms with Crippen LogP contribution >= 0.6 is 11.6 Å². The van der Waals surface area contributed by atoms with Gasteiger partial charge in [0.15, 0.2) is 0 Å². The summed E-state index contributed by atoms with van der Waals surface area (Å²) in [7, 11) is 0. The van der Waals surface area contributed by atoms with Crippen LogP contribution in [-0.4, -0.2) is 24.0 Å². The predicted molar refractivity (Wildman–Crippen MR) is 82.4 cm³/mol. The quantitative estimate of drug-likeness (QED) is 0.822. The molecule has 2 unspecified atom stereocenters. The van der Waals surface area contributed by atoms with E-state index in [-0.39, 0.29) is 6.04 Å². The summed E-state index contributed by atoms with van der Waals surface area (Å²) >= 11 is 5.99. The highest BCUT2D eigenvalue weighted by molar-refractivity contribution is 6.30. The second kappa shape index (κ2) is 6.74. The van der Waals surface area contributed by atoms with Crippen LogP contribution in [0.5, 0.6) is 0 Å². The molecule has 0 saturated heterocycles. The maximum absolute atomic E-state index is 6.39. The Morgan fingerprint density at radius 2 is 1.89 bits per heavy atom. The van der Waals surface area contributed by atoms with Gasteiger partial charge in [-0.1, -0.05) is 37.6 Å². The fraction of sp³-hybridized carbons (Fsp3) is 0.625. The third-order valence-electron chi connectivity index (χ3n) is 4.08. The molecule has 2 rings (SSSR count). The Morgan fingerprint density at radius 3 is 2.37 bits per heavy atom. The molecule has 2 N–H and O–H groups in total. The van der Waals surface area contributed by atoms with Crippen LogP contribution in [0.25, 0.3) is 0 Å². The summed E-state index contributed by atoms with van der Waals surface area (Å²) < 4.78 is 0. The molecule has 0 spiro atoms. The number of nitrogens with zero attached hydrogens (tertiary/aromatic N) is 1. The fourth-order valence-corrected chi connectivity index (χ4v) is 2.81. The minimum absolute atomic E-state index is 0.180. The van der Waals surface area contributed by atoms with Gasteiger partial charge in [0.25, 0.3) is 0 Å². The zero-order valence-corrected chi connectivity index (χ0v) is 12.7. The molecule has 0 bridgehead atoms. The standard InChI is InChI=1S/C16H25ClN2/c1-3-15(18)16(13-7-9-14(17)10-8-13)19(4-2)11-12-5-6-12/h7-10,12,15-16H,3-6,11,18H2,1-2H3. The van der Waals surface area contributed by atoms with Crippen molar-refractivity contribution in [2.45, 2.75) is 45.2 Å². The summed E-state index contributed by atoms with van der Waals surface area (Å²) in [6.07, 6.45) is 3.75. The molecule has 1 fully saturated rings. The van der Waals surface area contributed by atoms with Gasteiger partial charge in [0.2, 0.25) is 0 Å². The minimum atomic E-state index is 0.180. The Labute approximate surface area is 121 Å². The number of halogens is 1. The lowest BCUT2D eigenvalue weighted by molar-refractivity contribution is 0.170. The van der Waals surface area contributed by atoms with Crippen LogP contribution in [0.3, 0.4) is 0 Å². The summed E-state index contributed by atoms with van der Waals surface area (Å²) in [6, 6.07) is 8.68. The second-order valence-electron chi connectivity index (χ2n) is 5.60. The van der Waals surface area contributed by atoms with E-state index < -0.39 is 0 Å². The first-order valence-corrected chi connectivity index (χ1v) is 7.78. The molecule has 1 aliphatic carbocycles. The largest absolute Gasteiger partial charge is 0.326 e. The zero-order valence-electron chi connectivity index (χ0n) is 12.0. The molecule has 106 valence electrons. The van der Waals surface area contributed by atoms with Crippen LogP contribution in [0.1, 0.15) is 44.7 Å². The SMILES string of the molecule is CCC(N)C(c1ccc(Cl)cc1)N(CC)CC1CC1. The molecule has 1 aromatic rings. The number of benzene rings is 1. The van der Waals surface area contributed by atoms with E-state index >= 15 is 0 Å². The van der Waals surface area contributed by atoms with Crippen LogP contribution in [0.2, 0.25) is 5.02 Å². The first-order valence-electron chi connectivity index (χ1n) is 7.40. The molecular formula is C16H25ClN2. The van der Waals surface area contributed by atoms with Gasteiger partial charge in [0.05, 0.1) is 0 Å². The van der Waals surface area contributed by atoms with Gasteiger partial charge in [-0.3, -0.25) is 4.90 Å². The molecule has 1 saturated carbocycles. The molecular weight excluding hydrogens is 256 g/mol. The number of nitrogens with two attached hydrogens (primary N) is 1. The van der Waals surface area contributed by atoms with Crippen molar-refractivity contribution in [3.63, 3.8) is 0 Å². The van der Waals surface area contributed by atoms with Gasteiger partial charge in [0, 0.05) is 23.7 Å². The minimum Gasteiger partial charge on any atom is -0.326 e. The van der Waals surface area contributed by atoms with Gasteiger partial charge in [-0.2, -0.15) is 0 Å². The Bertz CT molecular complexity index is 386. The van der Waals surface area contributed by atoms with E-state index in [9.17, 15) is 0 Å². The highest BCUT2D eigenvalue weighted by Crippen LogP contribution is 2.34. The molecule has 1 aliphatic rings. The van der Waals surface area contributed by atoms with Crippen LogP contribution in [-0.2, 0) is 0 Å². The van der Waals surface area contributed by atoms with Gasteiger partial charge >= 0.3 is 0 Å². The molecule has 0 radical (unpaired) electrons. The van der Waals surface area contributed by atoms with Crippen molar-refractivity contribution in [3.05, 3.63) is 34.9 Å². The maximum atomic E-state index is 6.39. The summed E-state index contributed by atoms with van der Waals surface area (Å²) in [5.41, 5.74) is 7.68. The highest BCUT2D eigenvalue weighted by atomic mass is 35.5. The van der Waals surface area contributed by atoms with Crippen molar-refractivity contribution >= 4 is 11.6 Å². The van der Waals surface area contributed by atoms with E-state index in [1.807, 2.05) is 12.1 Å². The van der Waals surface area contributed by atoms with Crippen molar-refractivity contribution in [2.75, 3.05) is 13.1 Å². The normalized spacial score (nSPS) is 18.6. The predicted octanol–water partition coefficient (Wildman–Crippen LogP) is 3.85. The van der Waals surface area contributed by atoms with E-state index in [0.29, 0.717) is 6.04 Å². The molecule has 2 nitrogen and oxygen atoms in total. The van der Waals surface area contributed by atoms with Crippen LogP contribution in [0.15, 0.2) is 24.3 Å². The van der Waals surface area contributed by atoms with E-state index in [2.05, 4.69) is 30.9 Å². The van der Waals surface area contributed by atoms with Gasteiger partial charge in [-0.25, -0.2) is 0 Å². The molecule has 0 aliphatic heterocycles. The van der Waals surface area contributed by atoms with Crippen molar-refractivity contribution < 1.29 is 0 Å². The third kappa shape index (κ3) is 3.95. The lowest BCUT2D eigenvalue weighted by atomic mass is 9.96. The average molecular weight is 281 g/mol. The number of likely N-dealkylation sites (N-methyl/N-ethyl adjacent to an activating group) is 1. The highest BCUT2D eigenvalue weighted by Gasteiger charge is 2.30.